The lowest BCUT2D eigenvalue weighted by molar-refractivity contribution is -0.132. The van der Waals surface area contributed by atoms with Gasteiger partial charge in [-0.3, -0.25) is 14.4 Å². The molecule has 1 aliphatic rings. The predicted molar refractivity (Wildman–Crippen MR) is 108 cm³/mol. The molecule has 28 heavy (non-hydrogen) atoms. The van der Waals surface area contributed by atoms with E-state index in [0.717, 1.165) is 6.26 Å². The Hall–Kier alpha value is -2.33. The number of hydrogen-bond donors (Lipinski definition) is 2. The number of amides is 1. The summed E-state index contributed by atoms with van der Waals surface area (Å²) < 4.78 is 25.1. The van der Waals surface area contributed by atoms with E-state index in [-0.39, 0.29) is 17.2 Å². The maximum atomic E-state index is 12.2. The van der Waals surface area contributed by atoms with E-state index in [2.05, 4.69) is 9.62 Å². The van der Waals surface area contributed by atoms with Crippen molar-refractivity contribution in [3.8, 4) is 0 Å². The maximum absolute atomic E-state index is 12.2. The largest absolute Gasteiger partial charge is 0.478 e. The highest BCUT2D eigenvalue weighted by Gasteiger charge is 2.22. The zero-order valence-electron chi connectivity index (χ0n) is 16.5. The minimum absolute atomic E-state index is 0.0437. The third-order valence-corrected chi connectivity index (χ3v) is 5.33. The first-order valence-electron chi connectivity index (χ1n) is 9.24. The van der Waals surface area contributed by atoms with Crippen LogP contribution in [-0.4, -0.2) is 87.3 Å². The van der Waals surface area contributed by atoms with E-state index >= 15 is 0 Å². The number of sulfonamides is 1. The topological polar surface area (TPSA) is 110 Å². The van der Waals surface area contributed by atoms with Crippen molar-refractivity contribution in [2.24, 2.45) is 0 Å². The number of nitrogens with one attached hydrogen (secondary N) is 1. The second-order valence-corrected chi connectivity index (χ2v) is 8.49. The number of anilines is 2. The van der Waals surface area contributed by atoms with Crippen LogP contribution < -0.4 is 9.62 Å². The summed E-state index contributed by atoms with van der Waals surface area (Å²) in [6, 6.07) is 4.65. The molecule has 0 bridgehead atoms. The third kappa shape index (κ3) is 5.83. The first-order chi connectivity index (χ1) is 13.1. The second kappa shape index (κ2) is 9.24. The molecule has 0 aliphatic carbocycles. The van der Waals surface area contributed by atoms with Crippen molar-refractivity contribution < 1.29 is 23.1 Å². The second-order valence-electron chi connectivity index (χ2n) is 6.74. The molecule has 2 rings (SSSR count). The highest BCUT2D eigenvalue weighted by molar-refractivity contribution is 7.92. The van der Waals surface area contributed by atoms with Crippen LogP contribution in [0.5, 0.6) is 0 Å². The van der Waals surface area contributed by atoms with E-state index in [0.29, 0.717) is 51.5 Å². The molecule has 10 heteroatoms. The minimum atomic E-state index is -3.57. The Kier molecular flexibility index (Phi) is 7.25. The van der Waals surface area contributed by atoms with E-state index in [9.17, 15) is 23.1 Å². The van der Waals surface area contributed by atoms with Gasteiger partial charge in [-0.25, -0.2) is 13.2 Å². The number of nitrogens with zero attached hydrogens (tertiary/aromatic N) is 3. The monoisotopic (exact) mass is 412 g/mol. The van der Waals surface area contributed by atoms with Crippen LogP contribution in [0, 0.1) is 0 Å². The molecule has 1 aromatic rings. The first kappa shape index (κ1) is 22.0. The number of carboxylic acid groups (broad SMARTS) is 1. The molecule has 1 fully saturated rings. The van der Waals surface area contributed by atoms with E-state index in [1.807, 2.05) is 18.7 Å². The van der Waals surface area contributed by atoms with Crippen LogP contribution >= 0.6 is 0 Å². The number of aromatic carboxylic acids is 1. The van der Waals surface area contributed by atoms with Gasteiger partial charge in [0.05, 0.1) is 24.1 Å². The van der Waals surface area contributed by atoms with Crippen molar-refractivity contribution in [2.45, 2.75) is 13.8 Å². The summed E-state index contributed by atoms with van der Waals surface area (Å²) >= 11 is 0. The van der Waals surface area contributed by atoms with Crippen LogP contribution in [0.1, 0.15) is 24.2 Å². The van der Waals surface area contributed by atoms with Crippen LogP contribution in [-0.2, 0) is 14.8 Å². The zero-order chi connectivity index (χ0) is 20.9. The van der Waals surface area contributed by atoms with Gasteiger partial charge in [0.1, 0.15) is 0 Å². The van der Waals surface area contributed by atoms with Gasteiger partial charge in [-0.2, -0.15) is 0 Å². The van der Waals surface area contributed by atoms with Crippen molar-refractivity contribution in [1.82, 2.24) is 9.80 Å². The van der Waals surface area contributed by atoms with Crippen molar-refractivity contribution in [2.75, 3.05) is 61.7 Å². The molecule has 0 radical (unpaired) electrons. The van der Waals surface area contributed by atoms with Gasteiger partial charge >= 0.3 is 5.97 Å². The Bertz CT molecular complexity index is 815. The number of rotatable bonds is 8. The predicted octanol–water partition coefficient (Wildman–Crippen LogP) is 0.747. The van der Waals surface area contributed by atoms with E-state index in [4.69, 9.17) is 0 Å². The molecule has 0 unspecified atom stereocenters. The summed E-state index contributed by atoms with van der Waals surface area (Å²) in [5, 5.41) is 9.42. The van der Waals surface area contributed by atoms with Crippen molar-refractivity contribution in [3.05, 3.63) is 23.8 Å². The van der Waals surface area contributed by atoms with Gasteiger partial charge in [-0.1, -0.05) is 0 Å². The Morgan fingerprint density at radius 3 is 2.25 bits per heavy atom. The summed E-state index contributed by atoms with van der Waals surface area (Å²) in [6.45, 7) is 8.39. The standard InChI is InChI=1S/C18H28N4O5S/c1-4-21(5-2)17(23)13-20-8-10-22(11-9-20)14-6-7-16(19-28(3,26)27)15(12-14)18(24)25/h6-7,12,19H,4-5,8-11,13H2,1-3H3,(H,24,25). The smallest absolute Gasteiger partial charge is 0.337 e. The lowest BCUT2D eigenvalue weighted by atomic mass is 10.1. The van der Waals surface area contributed by atoms with Crippen molar-refractivity contribution in [1.29, 1.82) is 0 Å². The maximum Gasteiger partial charge on any atom is 0.337 e. The molecule has 1 saturated heterocycles. The number of hydrogen-bond acceptors (Lipinski definition) is 6. The molecule has 0 spiro atoms. The van der Waals surface area contributed by atoms with Crippen LogP contribution in [0.4, 0.5) is 11.4 Å². The van der Waals surface area contributed by atoms with E-state index < -0.39 is 16.0 Å². The Morgan fingerprint density at radius 1 is 1.14 bits per heavy atom. The number of likely N-dealkylation sites (N-methyl/N-ethyl adjacent to an activating group) is 1. The molecule has 1 amide bonds. The number of carbonyl (C=O) groups excluding carboxylic acids is 1. The fraction of sp³-hybridized carbons (Fsp3) is 0.556. The molecule has 1 aliphatic heterocycles. The Balaban J connectivity index is 2.05. The van der Waals surface area contributed by atoms with Crippen LogP contribution in [0.2, 0.25) is 0 Å². The average Bonchev–Trinajstić information content (AvgIpc) is 2.62. The van der Waals surface area contributed by atoms with Gasteiger partial charge in [0.25, 0.3) is 0 Å². The number of piperazine rings is 1. The summed E-state index contributed by atoms with van der Waals surface area (Å²) in [7, 11) is -3.57. The molecule has 0 aromatic heterocycles. The fourth-order valence-electron chi connectivity index (χ4n) is 3.23. The highest BCUT2D eigenvalue weighted by Crippen LogP contribution is 2.25. The van der Waals surface area contributed by atoms with Crippen LogP contribution in [0.15, 0.2) is 18.2 Å². The summed E-state index contributed by atoms with van der Waals surface area (Å²) in [4.78, 5) is 29.7. The van der Waals surface area contributed by atoms with Gasteiger partial charge in [0.15, 0.2) is 0 Å². The van der Waals surface area contributed by atoms with E-state index in [1.54, 1.807) is 11.0 Å². The van der Waals surface area contributed by atoms with Crippen LogP contribution in [0.25, 0.3) is 0 Å². The number of carbonyl (C=O) groups is 2. The summed E-state index contributed by atoms with van der Waals surface area (Å²) in [5.74, 6) is -1.08. The first-order valence-corrected chi connectivity index (χ1v) is 11.1. The molecule has 0 atom stereocenters. The van der Waals surface area contributed by atoms with Crippen LogP contribution in [0.3, 0.4) is 0 Å². The molecule has 2 N–H and O–H groups in total. The summed E-state index contributed by atoms with van der Waals surface area (Å²) in [5.41, 5.74) is 0.662. The zero-order valence-corrected chi connectivity index (χ0v) is 17.3. The Morgan fingerprint density at radius 2 is 1.75 bits per heavy atom. The molecule has 1 aromatic carbocycles. The number of benzene rings is 1. The van der Waals surface area contributed by atoms with Gasteiger partial charge in [0, 0.05) is 45.0 Å². The van der Waals surface area contributed by atoms with E-state index in [1.165, 1.54) is 12.1 Å². The lowest BCUT2D eigenvalue weighted by Gasteiger charge is -2.36. The third-order valence-electron chi connectivity index (χ3n) is 4.74. The quantitative estimate of drug-likeness (QED) is 0.648. The lowest BCUT2D eigenvalue weighted by Crippen LogP contribution is -2.50. The van der Waals surface area contributed by atoms with Gasteiger partial charge < -0.3 is 14.9 Å². The molecule has 156 valence electrons. The SMILES string of the molecule is CCN(CC)C(=O)CN1CCN(c2ccc(NS(C)(=O)=O)c(C(=O)O)c2)CC1. The highest BCUT2D eigenvalue weighted by atomic mass is 32.2. The number of carboxylic acids is 1. The summed E-state index contributed by atoms with van der Waals surface area (Å²) in [6.07, 6.45) is 0.977. The van der Waals surface area contributed by atoms with Crippen molar-refractivity contribution >= 4 is 33.3 Å². The minimum Gasteiger partial charge on any atom is -0.478 e. The van der Waals surface area contributed by atoms with Gasteiger partial charge in [-0.15, -0.1) is 0 Å². The molecule has 1 heterocycles. The molecular weight excluding hydrogens is 384 g/mol. The van der Waals surface area contributed by atoms with Gasteiger partial charge in [-0.05, 0) is 32.0 Å². The fourth-order valence-corrected chi connectivity index (χ4v) is 3.80. The van der Waals surface area contributed by atoms with Gasteiger partial charge in [0.2, 0.25) is 15.9 Å². The Labute approximate surface area is 166 Å². The molecular formula is C18H28N4O5S. The average molecular weight is 413 g/mol. The molecule has 0 saturated carbocycles. The normalized spacial score (nSPS) is 15.3. The van der Waals surface area contributed by atoms with Crippen molar-refractivity contribution in [3.63, 3.8) is 0 Å². The molecule has 9 nitrogen and oxygen atoms in total.